The van der Waals surface area contributed by atoms with Gasteiger partial charge in [0.2, 0.25) is 5.91 Å². The van der Waals surface area contributed by atoms with Crippen molar-refractivity contribution in [2.45, 2.75) is 25.8 Å². The van der Waals surface area contributed by atoms with Gasteiger partial charge in [-0.3, -0.25) is 14.8 Å². The number of amides is 2. The quantitative estimate of drug-likeness (QED) is 0.647. The topological polar surface area (TPSA) is 70.1 Å². The smallest absolute Gasteiger partial charge is 0.259 e. The second kappa shape index (κ2) is 7.36. The van der Waals surface area contributed by atoms with Crippen molar-refractivity contribution in [1.82, 2.24) is 0 Å². The molecule has 1 heterocycles. The van der Waals surface area contributed by atoms with Crippen molar-refractivity contribution in [2.24, 2.45) is 0 Å². The Bertz CT molecular complexity index is 746. The van der Waals surface area contributed by atoms with Crippen LogP contribution in [0.5, 0.6) is 5.75 Å². The molecule has 2 aromatic carbocycles. The highest BCUT2D eigenvalue weighted by Crippen LogP contribution is 2.28. The first-order valence-corrected chi connectivity index (χ1v) is 8.24. The van der Waals surface area contributed by atoms with Crippen molar-refractivity contribution in [2.75, 3.05) is 16.6 Å². The van der Waals surface area contributed by atoms with Gasteiger partial charge in [-0.05, 0) is 42.8 Å². The molecular formula is C19H20N2O4. The molecule has 1 atom stereocenters. The van der Waals surface area contributed by atoms with Gasteiger partial charge in [0, 0.05) is 0 Å². The molecule has 0 spiro atoms. The van der Waals surface area contributed by atoms with Gasteiger partial charge in [0.05, 0.1) is 24.4 Å². The van der Waals surface area contributed by atoms with E-state index in [9.17, 15) is 14.8 Å². The summed E-state index contributed by atoms with van der Waals surface area (Å²) < 4.78 is 5.51. The fourth-order valence-corrected chi connectivity index (χ4v) is 2.75. The number of hydroxylamine groups is 1. The summed E-state index contributed by atoms with van der Waals surface area (Å²) in [7, 11) is 0. The molecule has 1 aliphatic rings. The molecule has 3 rings (SSSR count). The average Bonchev–Trinajstić information content (AvgIpc) is 2.95. The van der Waals surface area contributed by atoms with Gasteiger partial charge in [-0.2, -0.15) is 0 Å². The van der Waals surface area contributed by atoms with Crippen molar-refractivity contribution in [3.05, 3.63) is 54.6 Å². The minimum Gasteiger partial charge on any atom is -0.494 e. The van der Waals surface area contributed by atoms with E-state index in [2.05, 4.69) is 0 Å². The first-order valence-electron chi connectivity index (χ1n) is 8.24. The summed E-state index contributed by atoms with van der Waals surface area (Å²) in [6, 6.07) is 14.6. The number of para-hydroxylation sites is 1. The minimum absolute atomic E-state index is 0.0711. The maximum atomic E-state index is 12.7. The summed E-state index contributed by atoms with van der Waals surface area (Å²) in [4.78, 5) is 26.1. The molecule has 1 fully saturated rings. The molecule has 0 aromatic heterocycles. The zero-order valence-electron chi connectivity index (χ0n) is 14.0. The molecular weight excluding hydrogens is 320 g/mol. The summed E-state index contributed by atoms with van der Waals surface area (Å²) in [5.41, 5.74) is 0.946. The summed E-state index contributed by atoms with van der Waals surface area (Å²) >= 11 is 0. The molecule has 0 saturated carbocycles. The average molecular weight is 340 g/mol. The van der Waals surface area contributed by atoms with Crippen LogP contribution >= 0.6 is 0 Å². The minimum atomic E-state index is -0.925. The fourth-order valence-electron chi connectivity index (χ4n) is 2.75. The second-order valence-corrected chi connectivity index (χ2v) is 5.81. The number of ether oxygens (including phenoxy) is 1. The third-order valence-electron chi connectivity index (χ3n) is 4.01. The maximum absolute atomic E-state index is 12.7. The Balaban J connectivity index is 1.77. The molecule has 2 amide bonds. The predicted octanol–water partition coefficient (Wildman–Crippen LogP) is 3.00. The molecule has 0 bridgehead atoms. The number of hydrogen-bond acceptors (Lipinski definition) is 5. The molecule has 6 nitrogen and oxygen atoms in total. The number of anilines is 2. The van der Waals surface area contributed by atoms with E-state index in [-0.39, 0.29) is 12.3 Å². The number of benzene rings is 2. The summed E-state index contributed by atoms with van der Waals surface area (Å²) in [6.07, 6.45) is 0.830. The molecule has 2 aromatic rings. The van der Waals surface area contributed by atoms with Gasteiger partial charge in [0.15, 0.2) is 0 Å². The molecule has 6 heteroatoms. The van der Waals surface area contributed by atoms with Crippen molar-refractivity contribution >= 4 is 23.2 Å². The van der Waals surface area contributed by atoms with E-state index in [1.807, 2.05) is 13.0 Å². The molecule has 1 saturated heterocycles. The lowest BCUT2D eigenvalue weighted by molar-refractivity contribution is -0.121. The van der Waals surface area contributed by atoms with Crippen LogP contribution in [0, 0.1) is 0 Å². The van der Waals surface area contributed by atoms with Crippen molar-refractivity contribution in [3.63, 3.8) is 0 Å². The molecule has 25 heavy (non-hydrogen) atoms. The van der Waals surface area contributed by atoms with Gasteiger partial charge >= 0.3 is 0 Å². The Morgan fingerprint density at radius 2 is 1.80 bits per heavy atom. The third-order valence-corrected chi connectivity index (χ3v) is 4.01. The number of carbonyl (C=O) groups excluding carboxylic acids is 2. The van der Waals surface area contributed by atoms with Gasteiger partial charge in [-0.1, -0.05) is 25.1 Å². The van der Waals surface area contributed by atoms with Crippen LogP contribution in [0.2, 0.25) is 0 Å². The lowest BCUT2D eigenvalue weighted by Crippen LogP contribution is -2.40. The number of rotatable bonds is 6. The summed E-state index contributed by atoms with van der Waals surface area (Å²) in [5.74, 6) is -0.0971. The Morgan fingerprint density at radius 3 is 2.44 bits per heavy atom. The fraction of sp³-hybridized carbons (Fsp3) is 0.263. The number of carbonyl (C=O) groups is 2. The first-order chi connectivity index (χ1) is 12.1. The Labute approximate surface area is 146 Å². The van der Waals surface area contributed by atoms with Crippen molar-refractivity contribution in [3.8, 4) is 5.75 Å². The van der Waals surface area contributed by atoms with Crippen LogP contribution in [-0.2, 0) is 9.59 Å². The van der Waals surface area contributed by atoms with E-state index in [0.29, 0.717) is 23.7 Å². The van der Waals surface area contributed by atoms with Gasteiger partial charge in [-0.25, -0.2) is 9.96 Å². The maximum Gasteiger partial charge on any atom is 0.259 e. The molecule has 130 valence electrons. The lowest BCUT2D eigenvalue weighted by Gasteiger charge is -2.22. The van der Waals surface area contributed by atoms with Gasteiger partial charge < -0.3 is 4.74 Å². The monoisotopic (exact) mass is 340 g/mol. The molecule has 0 aliphatic carbocycles. The van der Waals surface area contributed by atoms with E-state index < -0.39 is 11.9 Å². The van der Waals surface area contributed by atoms with Crippen LogP contribution in [-0.4, -0.2) is 29.7 Å². The Morgan fingerprint density at radius 1 is 1.12 bits per heavy atom. The van der Waals surface area contributed by atoms with Crippen LogP contribution in [0.1, 0.15) is 19.8 Å². The van der Waals surface area contributed by atoms with E-state index in [0.717, 1.165) is 16.4 Å². The molecule has 0 unspecified atom stereocenters. The predicted molar refractivity (Wildman–Crippen MR) is 93.8 cm³/mol. The summed E-state index contributed by atoms with van der Waals surface area (Å²) in [5, 5.41) is 11.2. The zero-order valence-corrected chi connectivity index (χ0v) is 14.0. The van der Waals surface area contributed by atoms with E-state index in [1.165, 1.54) is 0 Å². The van der Waals surface area contributed by atoms with Crippen molar-refractivity contribution < 1.29 is 19.5 Å². The van der Waals surface area contributed by atoms with Gasteiger partial charge in [-0.15, -0.1) is 0 Å². The second-order valence-electron chi connectivity index (χ2n) is 5.81. The lowest BCUT2D eigenvalue weighted by atomic mass is 10.2. The Hall–Kier alpha value is -2.86. The van der Waals surface area contributed by atoms with Gasteiger partial charge in [0.25, 0.3) is 5.91 Å². The van der Waals surface area contributed by atoms with E-state index in [4.69, 9.17) is 4.74 Å². The van der Waals surface area contributed by atoms with E-state index in [1.54, 1.807) is 48.5 Å². The normalized spacial score (nSPS) is 17.0. The van der Waals surface area contributed by atoms with Crippen LogP contribution in [0.4, 0.5) is 11.4 Å². The number of hydrogen-bond donors (Lipinski definition) is 1. The van der Waals surface area contributed by atoms with Crippen molar-refractivity contribution in [1.29, 1.82) is 0 Å². The highest BCUT2D eigenvalue weighted by atomic mass is 16.5. The van der Waals surface area contributed by atoms with Crippen LogP contribution in [0.3, 0.4) is 0 Å². The Kier molecular flexibility index (Phi) is 5.00. The van der Waals surface area contributed by atoms with Crippen LogP contribution in [0.25, 0.3) is 0 Å². The standard InChI is InChI=1S/C19H20N2O4/c1-2-12-25-16-10-8-14(9-11-16)20-18(22)13-17(19(20)23)21(24)15-6-4-3-5-7-15/h3-11,17,24H,2,12-13H2,1H3/t17-/m1/s1. The number of nitrogens with zero attached hydrogens (tertiary/aromatic N) is 2. The van der Waals surface area contributed by atoms with E-state index >= 15 is 0 Å². The molecule has 1 N–H and O–H groups in total. The first kappa shape index (κ1) is 17.0. The van der Waals surface area contributed by atoms with Crippen LogP contribution in [0.15, 0.2) is 54.6 Å². The molecule has 0 radical (unpaired) electrons. The third kappa shape index (κ3) is 3.49. The largest absolute Gasteiger partial charge is 0.494 e. The number of imide groups is 1. The highest BCUT2D eigenvalue weighted by Gasteiger charge is 2.43. The molecule has 1 aliphatic heterocycles. The highest BCUT2D eigenvalue weighted by molar-refractivity contribution is 6.23. The summed E-state index contributed by atoms with van der Waals surface area (Å²) in [6.45, 7) is 2.63. The van der Waals surface area contributed by atoms with Gasteiger partial charge in [0.1, 0.15) is 11.8 Å². The zero-order chi connectivity index (χ0) is 17.8. The van der Waals surface area contributed by atoms with Crippen LogP contribution < -0.4 is 14.7 Å². The SMILES string of the molecule is CCCOc1ccc(N2C(=O)C[C@@H](N(O)c3ccccc3)C2=O)cc1.